The molecule has 32 heavy (non-hydrogen) atoms. The third-order valence-corrected chi connectivity index (χ3v) is 7.71. The van der Waals surface area contributed by atoms with E-state index < -0.39 is 12.1 Å². The Morgan fingerprint density at radius 2 is 1.84 bits per heavy atom. The number of ether oxygens (including phenoxy) is 3. The van der Waals surface area contributed by atoms with E-state index in [2.05, 4.69) is 0 Å². The van der Waals surface area contributed by atoms with E-state index in [1.54, 1.807) is 37.7 Å². The lowest BCUT2D eigenvalue weighted by atomic mass is 9.73. The summed E-state index contributed by atoms with van der Waals surface area (Å²) >= 11 is 7.84. The second kappa shape index (κ2) is 11.3. The van der Waals surface area contributed by atoms with Gasteiger partial charge in [-0.1, -0.05) is 11.6 Å². The highest BCUT2D eigenvalue weighted by Crippen LogP contribution is 2.45. The Labute approximate surface area is 198 Å². The Hall–Kier alpha value is -1.93. The van der Waals surface area contributed by atoms with Crippen molar-refractivity contribution in [3.63, 3.8) is 0 Å². The molecule has 1 aromatic rings. The highest BCUT2D eigenvalue weighted by molar-refractivity contribution is 8.00. The quantitative estimate of drug-likeness (QED) is 0.424. The molecule has 0 radical (unpaired) electrons. The number of halogens is 1. The Bertz CT molecular complexity index is 850. The van der Waals surface area contributed by atoms with Crippen molar-refractivity contribution in [1.82, 2.24) is 4.90 Å². The molecule has 3 rings (SSSR count). The summed E-state index contributed by atoms with van der Waals surface area (Å²) in [6, 6.07) is 4.58. The molecule has 0 N–H and O–H groups in total. The van der Waals surface area contributed by atoms with Crippen molar-refractivity contribution in [2.45, 2.75) is 55.7 Å². The summed E-state index contributed by atoms with van der Waals surface area (Å²) in [7, 11) is 1.33. The average Bonchev–Trinajstić information content (AvgIpc) is 2.78. The lowest BCUT2D eigenvalue weighted by Gasteiger charge is -2.46. The Morgan fingerprint density at radius 3 is 2.53 bits per heavy atom. The second-order valence-corrected chi connectivity index (χ2v) is 9.84. The zero-order chi connectivity index (χ0) is 23.3. The highest BCUT2D eigenvalue weighted by atomic mass is 35.5. The fourth-order valence-electron chi connectivity index (χ4n) is 4.65. The molecule has 1 saturated heterocycles. The van der Waals surface area contributed by atoms with Crippen molar-refractivity contribution in [2.75, 3.05) is 26.9 Å². The average molecular weight is 484 g/mol. The van der Waals surface area contributed by atoms with Gasteiger partial charge in [-0.3, -0.25) is 4.90 Å². The van der Waals surface area contributed by atoms with E-state index >= 15 is 0 Å². The summed E-state index contributed by atoms with van der Waals surface area (Å²) in [6.07, 6.45) is 2.82. The first kappa shape index (κ1) is 24.7. The van der Waals surface area contributed by atoms with Crippen molar-refractivity contribution >= 4 is 41.4 Å². The van der Waals surface area contributed by atoms with Gasteiger partial charge in [-0.2, -0.15) is 0 Å². The van der Waals surface area contributed by atoms with Gasteiger partial charge in [-0.05, 0) is 69.6 Å². The predicted octanol–water partition coefficient (Wildman–Crippen LogP) is 4.80. The van der Waals surface area contributed by atoms with Gasteiger partial charge in [-0.15, -0.1) is 11.8 Å². The molecule has 0 unspecified atom stereocenters. The Balaban J connectivity index is 1.74. The number of amides is 1. The third-order valence-electron chi connectivity index (χ3n) is 6.13. The van der Waals surface area contributed by atoms with Crippen molar-refractivity contribution in [2.24, 2.45) is 11.8 Å². The normalized spacial score (nSPS) is 24.9. The number of benzene rings is 1. The van der Waals surface area contributed by atoms with Crippen molar-refractivity contribution < 1.29 is 28.6 Å². The SMILES string of the molecule is CCOC(=O)c1ccc(Cl)cc1S[C@H]1CC[C@H]2CN(C(=O)OC)[C@H](C(=O)OCC)C[C@@H]2C1. The van der Waals surface area contributed by atoms with E-state index in [1.165, 1.54) is 12.0 Å². The molecule has 4 atom stereocenters. The first-order valence-electron chi connectivity index (χ1n) is 11.0. The fourth-order valence-corrected chi connectivity index (χ4v) is 6.31. The zero-order valence-corrected chi connectivity index (χ0v) is 20.2. The van der Waals surface area contributed by atoms with Crippen LogP contribution in [0.5, 0.6) is 0 Å². The molecule has 2 fully saturated rings. The van der Waals surface area contributed by atoms with Crippen molar-refractivity contribution in [3.05, 3.63) is 28.8 Å². The number of carbonyl (C=O) groups is 3. The fraction of sp³-hybridized carbons (Fsp3) is 0.609. The van der Waals surface area contributed by atoms with Crippen LogP contribution in [-0.4, -0.2) is 61.1 Å². The van der Waals surface area contributed by atoms with Gasteiger partial charge in [-0.25, -0.2) is 14.4 Å². The van der Waals surface area contributed by atoms with Crippen LogP contribution in [0.15, 0.2) is 23.1 Å². The van der Waals surface area contributed by atoms with E-state index in [-0.39, 0.29) is 29.7 Å². The molecule has 0 spiro atoms. The van der Waals surface area contributed by atoms with E-state index in [9.17, 15) is 14.4 Å². The van der Waals surface area contributed by atoms with Crippen LogP contribution in [0.3, 0.4) is 0 Å². The monoisotopic (exact) mass is 483 g/mol. The van der Waals surface area contributed by atoms with Gasteiger partial charge in [0, 0.05) is 21.7 Å². The molecular formula is C23H30ClNO6S. The van der Waals surface area contributed by atoms with Gasteiger partial charge in [0.2, 0.25) is 0 Å². The summed E-state index contributed by atoms with van der Waals surface area (Å²) < 4.78 is 15.3. The van der Waals surface area contributed by atoms with Crippen LogP contribution >= 0.6 is 23.4 Å². The van der Waals surface area contributed by atoms with Crippen LogP contribution in [0, 0.1) is 11.8 Å². The van der Waals surface area contributed by atoms with Gasteiger partial charge in [0.1, 0.15) is 6.04 Å². The van der Waals surface area contributed by atoms with Gasteiger partial charge >= 0.3 is 18.0 Å². The second-order valence-electron chi connectivity index (χ2n) is 8.06. The molecular weight excluding hydrogens is 454 g/mol. The number of nitrogens with zero attached hydrogens (tertiary/aromatic N) is 1. The maximum absolute atomic E-state index is 12.6. The molecule has 176 valence electrons. The predicted molar refractivity (Wildman–Crippen MR) is 122 cm³/mol. The number of thioether (sulfide) groups is 1. The minimum absolute atomic E-state index is 0.266. The molecule has 1 saturated carbocycles. The molecule has 1 heterocycles. The molecule has 2 aliphatic rings. The molecule has 1 aliphatic heterocycles. The number of carbonyl (C=O) groups excluding carboxylic acids is 3. The number of rotatable bonds is 6. The van der Waals surface area contributed by atoms with Crippen LogP contribution in [0.4, 0.5) is 4.79 Å². The summed E-state index contributed by atoms with van der Waals surface area (Å²) in [5, 5.41) is 0.846. The minimum atomic E-state index is -0.631. The number of fused-ring (bicyclic) bond motifs is 1. The summed E-state index contributed by atoms with van der Waals surface area (Å²) in [4.78, 5) is 39.5. The van der Waals surface area contributed by atoms with E-state index in [0.29, 0.717) is 36.1 Å². The lowest BCUT2D eigenvalue weighted by molar-refractivity contribution is -0.152. The number of hydrogen-bond donors (Lipinski definition) is 0. The first-order chi connectivity index (χ1) is 15.4. The number of hydrogen-bond acceptors (Lipinski definition) is 7. The van der Waals surface area contributed by atoms with Gasteiger partial charge < -0.3 is 14.2 Å². The molecule has 1 amide bonds. The van der Waals surface area contributed by atoms with Crippen LogP contribution in [0.25, 0.3) is 0 Å². The molecule has 7 nitrogen and oxygen atoms in total. The largest absolute Gasteiger partial charge is 0.464 e. The Kier molecular flexibility index (Phi) is 8.71. The van der Waals surface area contributed by atoms with Crippen LogP contribution in [0.1, 0.15) is 49.9 Å². The third kappa shape index (κ3) is 5.70. The molecule has 1 aliphatic carbocycles. The number of esters is 2. The van der Waals surface area contributed by atoms with E-state index in [0.717, 1.165) is 24.2 Å². The zero-order valence-electron chi connectivity index (χ0n) is 18.7. The summed E-state index contributed by atoms with van der Waals surface area (Å²) in [5.41, 5.74) is 0.522. The maximum atomic E-state index is 12.6. The smallest absolute Gasteiger partial charge is 0.410 e. The topological polar surface area (TPSA) is 82.1 Å². The minimum Gasteiger partial charge on any atom is -0.464 e. The lowest BCUT2D eigenvalue weighted by Crippen LogP contribution is -2.55. The van der Waals surface area contributed by atoms with Crippen LogP contribution < -0.4 is 0 Å². The standard InChI is InChI=1S/C23H30ClNO6S/c1-4-30-21(26)18-9-7-16(24)12-20(18)32-17-8-6-14-13-25(23(28)29-3)19(11-15(14)10-17)22(27)31-5-2/h7,9,12,14-15,17,19H,4-6,8,10-11,13H2,1-3H3/t14-,15-,17-,19-/m0/s1. The Morgan fingerprint density at radius 1 is 1.09 bits per heavy atom. The molecule has 9 heteroatoms. The first-order valence-corrected chi connectivity index (χ1v) is 12.3. The van der Waals surface area contributed by atoms with Crippen molar-refractivity contribution in [1.29, 1.82) is 0 Å². The van der Waals surface area contributed by atoms with Crippen molar-refractivity contribution in [3.8, 4) is 0 Å². The molecule has 0 aromatic heterocycles. The van der Waals surface area contributed by atoms with E-state index in [1.807, 2.05) is 6.07 Å². The van der Waals surface area contributed by atoms with Crippen LogP contribution in [-0.2, 0) is 19.0 Å². The molecule has 1 aromatic carbocycles. The number of piperidine rings is 1. The van der Waals surface area contributed by atoms with Gasteiger partial charge in [0.05, 0.1) is 25.9 Å². The summed E-state index contributed by atoms with van der Waals surface area (Å²) in [5.74, 6) is -0.151. The van der Waals surface area contributed by atoms with E-state index in [4.69, 9.17) is 25.8 Å². The molecule has 0 bridgehead atoms. The highest BCUT2D eigenvalue weighted by Gasteiger charge is 2.45. The number of likely N-dealkylation sites (tertiary alicyclic amines) is 1. The van der Waals surface area contributed by atoms with Gasteiger partial charge in [0.15, 0.2) is 0 Å². The summed E-state index contributed by atoms with van der Waals surface area (Å²) in [6.45, 7) is 4.60. The van der Waals surface area contributed by atoms with Crippen LogP contribution in [0.2, 0.25) is 5.02 Å². The van der Waals surface area contributed by atoms with Gasteiger partial charge in [0.25, 0.3) is 0 Å². The number of methoxy groups -OCH3 is 1. The maximum Gasteiger partial charge on any atom is 0.410 e.